The van der Waals surface area contributed by atoms with Gasteiger partial charge in [-0.2, -0.15) is 0 Å². The fourth-order valence-corrected chi connectivity index (χ4v) is 4.88. The summed E-state index contributed by atoms with van der Waals surface area (Å²) >= 11 is 1.42. The number of carbonyl (C=O) groups excluding carboxylic acids is 2. The van der Waals surface area contributed by atoms with Gasteiger partial charge in [-0.3, -0.25) is 14.5 Å². The normalized spacial score (nSPS) is 20.1. The molecule has 6 heteroatoms. The highest BCUT2D eigenvalue weighted by Crippen LogP contribution is 2.40. The predicted molar refractivity (Wildman–Crippen MR) is 123 cm³/mol. The Hall–Kier alpha value is -2.60. The molecule has 0 bridgehead atoms. The number of hydrogen-bond acceptors (Lipinski definition) is 4. The summed E-state index contributed by atoms with van der Waals surface area (Å²) in [6.45, 7) is 8.03. The maximum absolute atomic E-state index is 13.1. The second kappa shape index (κ2) is 8.26. The van der Waals surface area contributed by atoms with Gasteiger partial charge in [0.05, 0.1) is 5.69 Å². The first-order valence-electron chi connectivity index (χ1n) is 10.3. The third kappa shape index (κ3) is 4.29. The summed E-state index contributed by atoms with van der Waals surface area (Å²) in [5.41, 5.74) is 5.99. The van der Waals surface area contributed by atoms with Gasteiger partial charge in [-0.1, -0.05) is 42.1 Å². The van der Waals surface area contributed by atoms with Crippen molar-refractivity contribution < 1.29 is 9.59 Å². The Morgan fingerprint density at radius 1 is 1.10 bits per heavy atom. The van der Waals surface area contributed by atoms with Gasteiger partial charge in [-0.15, -0.1) is 0 Å². The monoisotopic (exact) mass is 421 g/mol. The van der Waals surface area contributed by atoms with Crippen LogP contribution in [0.15, 0.2) is 41.4 Å². The lowest BCUT2D eigenvalue weighted by Crippen LogP contribution is -2.35. The Bertz CT molecular complexity index is 1020. The van der Waals surface area contributed by atoms with Gasteiger partial charge < -0.3 is 5.32 Å². The average molecular weight is 422 g/mol. The van der Waals surface area contributed by atoms with Crippen molar-refractivity contribution >= 4 is 40.1 Å². The lowest BCUT2D eigenvalue weighted by molar-refractivity contribution is -0.128. The molecule has 30 heavy (non-hydrogen) atoms. The van der Waals surface area contributed by atoms with E-state index in [0.717, 1.165) is 51.6 Å². The molecule has 1 N–H and O–H groups in total. The van der Waals surface area contributed by atoms with Gasteiger partial charge in [0.2, 0.25) is 11.8 Å². The van der Waals surface area contributed by atoms with Crippen molar-refractivity contribution in [2.24, 2.45) is 4.99 Å². The molecule has 2 amide bonds. The molecular formula is C24H27N3O2S. The number of aliphatic imine (C=N–C) groups is 1. The van der Waals surface area contributed by atoms with Gasteiger partial charge in [0.15, 0.2) is 5.17 Å². The molecule has 0 spiro atoms. The lowest BCUT2D eigenvalue weighted by Gasteiger charge is -2.16. The number of amides is 2. The van der Waals surface area contributed by atoms with E-state index in [1.807, 2.05) is 69.0 Å². The summed E-state index contributed by atoms with van der Waals surface area (Å²) in [6.07, 6.45) is 2.14. The van der Waals surface area contributed by atoms with E-state index in [0.29, 0.717) is 0 Å². The third-order valence-electron chi connectivity index (χ3n) is 5.56. The summed E-state index contributed by atoms with van der Waals surface area (Å²) in [5, 5.41) is 3.27. The highest BCUT2D eigenvalue weighted by molar-refractivity contribution is 8.15. The molecule has 1 atom stereocenters. The average Bonchev–Trinajstić information content (AvgIpc) is 3.47. The zero-order valence-electron chi connectivity index (χ0n) is 17.9. The predicted octanol–water partition coefficient (Wildman–Crippen LogP) is 5.04. The lowest BCUT2D eigenvalue weighted by atomic mass is 10.1. The zero-order valence-corrected chi connectivity index (χ0v) is 18.7. The van der Waals surface area contributed by atoms with Crippen molar-refractivity contribution in [1.29, 1.82) is 0 Å². The molecule has 1 aliphatic carbocycles. The van der Waals surface area contributed by atoms with E-state index in [2.05, 4.69) is 5.32 Å². The van der Waals surface area contributed by atoms with Gasteiger partial charge >= 0.3 is 0 Å². The highest BCUT2D eigenvalue weighted by Gasteiger charge is 2.46. The van der Waals surface area contributed by atoms with Crippen molar-refractivity contribution in [3.05, 3.63) is 58.7 Å². The number of para-hydroxylation sites is 1. The molecule has 2 fully saturated rings. The van der Waals surface area contributed by atoms with Crippen LogP contribution in [0.5, 0.6) is 0 Å². The number of thioether (sulfide) groups is 1. The molecule has 2 aromatic rings. The number of benzene rings is 2. The molecule has 5 nitrogen and oxygen atoms in total. The first-order valence-corrected chi connectivity index (χ1v) is 11.2. The molecule has 2 aliphatic rings. The van der Waals surface area contributed by atoms with Crippen LogP contribution in [-0.2, 0) is 9.59 Å². The molecule has 1 heterocycles. The van der Waals surface area contributed by atoms with E-state index < -0.39 is 5.25 Å². The molecule has 1 saturated carbocycles. The molecule has 0 radical (unpaired) electrons. The molecule has 1 aliphatic heterocycles. The summed E-state index contributed by atoms with van der Waals surface area (Å²) in [6, 6.07) is 12.3. The van der Waals surface area contributed by atoms with E-state index in [1.54, 1.807) is 0 Å². The minimum Gasteiger partial charge on any atom is -0.326 e. The summed E-state index contributed by atoms with van der Waals surface area (Å²) in [4.78, 5) is 32.5. The number of hydrogen-bond donors (Lipinski definition) is 1. The van der Waals surface area contributed by atoms with Crippen molar-refractivity contribution in [3.8, 4) is 0 Å². The Morgan fingerprint density at radius 3 is 2.47 bits per heavy atom. The Kier molecular flexibility index (Phi) is 5.69. The standard InChI is InChI=1S/C24H27N3O2S/c1-14-8-9-15(2)19(12-14)25-21(28)13-20-23(29)27(18-10-11-18)24(30-20)26-22-16(3)6-5-7-17(22)4/h5-9,12,18,20H,10-11,13H2,1-4H3,(H,25,28)/t20-/m0/s1. The maximum Gasteiger partial charge on any atom is 0.242 e. The number of nitrogens with one attached hydrogen (secondary N) is 1. The largest absolute Gasteiger partial charge is 0.326 e. The first-order chi connectivity index (χ1) is 14.3. The molecule has 0 aromatic heterocycles. The number of carbonyl (C=O) groups is 2. The third-order valence-corrected chi connectivity index (χ3v) is 6.72. The second-order valence-corrected chi connectivity index (χ2v) is 9.42. The van der Waals surface area contributed by atoms with Crippen LogP contribution in [0.25, 0.3) is 0 Å². The van der Waals surface area contributed by atoms with Crippen molar-refractivity contribution in [2.45, 2.75) is 58.2 Å². The van der Waals surface area contributed by atoms with E-state index in [-0.39, 0.29) is 24.3 Å². The fourth-order valence-electron chi connectivity index (χ4n) is 3.68. The number of anilines is 1. The van der Waals surface area contributed by atoms with Crippen LogP contribution in [0.2, 0.25) is 0 Å². The highest BCUT2D eigenvalue weighted by atomic mass is 32.2. The molecule has 2 aromatic carbocycles. The van der Waals surface area contributed by atoms with Crippen molar-refractivity contribution in [1.82, 2.24) is 4.90 Å². The topological polar surface area (TPSA) is 61.8 Å². The summed E-state index contributed by atoms with van der Waals surface area (Å²) in [5.74, 6) is -0.137. The quantitative estimate of drug-likeness (QED) is 0.735. The van der Waals surface area contributed by atoms with Crippen LogP contribution < -0.4 is 5.32 Å². The van der Waals surface area contributed by atoms with Crippen LogP contribution in [0.1, 0.15) is 41.5 Å². The number of rotatable bonds is 5. The number of amidine groups is 1. The van der Waals surface area contributed by atoms with E-state index in [9.17, 15) is 9.59 Å². The van der Waals surface area contributed by atoms with Crippen LogP contribution in [0.4, 0.5) is 11.4 Å². The molecule has 1 saturated heterocycles. The Labute approximate surface area is 182 Å². The summed E-state index contributed by atoms with van der Waals surface area (Å²) in [7, 11) is 0. The smallest absolute Gasteiger partial charge is 0.242 e. The van der Waals surface area contributed by atoms with Crippen molar-refractivity contribution in [3.63, 3.8) is 0 Å². The fraction of sp³-hybridized carbons (Fsp3) is 0.375. The van der Waals surface area contributed by atoms with Gasteiger partial charge in [0, 0.05) is 18.2 Å². The second-order valence-electron chi connectivity index (χ2n) is 8.25. The molecule has 156 valence electrons. The minimum atomic E-state index is -0.432. The minimum absolute atomic E-state index is 0.00333. The van der Waals surface area contributed by atoms with E-state index >= 15 is 0 Å². The first kappa shape index (κ1) is 20.7. The molecule has 0 unspecified atom stereocenters. The number of aryl methyl sites for hydroxylation is 4. The molecular weight excluding hydrogens is 394 g/mol. The zero-order chi connectivity index (χ0) is 21.4. The van der Waals surface area contributed by atoms with Gasteiger partial charge in [-0.05, 0) is 68.9 Å². The SMILES string of the molecule is Cc1ccc(C)c(NC(=O)C[C@@H]2SC(=Nc3c(C)cccc3C)N(C3CC3)C2=O)c1. The van der Waals surface area contributed by atoms with Crippen LogP contribution in [0.3, 0.4) is 0 Å². The molecule has 4 rings (SSSR count). The Morgan fingerprint density at radius 2 is 1.80 bits per heavy atom. The van der Waals surface area contributed by atoms with Crippen LogP contribution in [0, 0.1) is 27.7 Å². The van der Waals surface area contributed by atoms with Gasteiger partial charge in [0.1, 0.15) is 5.25 Å². The van der Waals surface area contributed by atoms with Gasteiger partial charge in [0.25, 0.3) is 0 Å². The van der Waals surface area contributed by atoms with Crippen LogP contribution in [-0.4, -0.2) is 33.2 Å². The number of nitrogens with zero attached hydrogens (tertiary/aromatic N) is 2. The Balaban J connectivity index is 1.54. The van der Waals surface area contributed by atoms with E-state index in [1.165, 1.54) is 11.8 Å². The van der Waals surface area contributed by atoms with E-state index in [4.69, 9.17) is 4.99 Å². The maximum atomic E-state index is 13.1. The summed E-state index contributed by atoms with van der Waals surface area (Å²) < 4.78 is 0. The van der Waals surface area contributed by atoms with Crippen molar-refractivity contribution in [2.75, 3.05) is 5.32 Å². The van der Waals surface area contributed by atoms with Crippen LogP contribution >= 0.6 is 11.8 Å². The van der Waals surface area contributed by atoms with Gasteiger partial charge in [-0.25, -0.2) is 4.99 Å².